The molecule has 1 unspecified atom stereocenters. The molecular weight excluding hydrogens is 172 g/mol. The molecule has 0 heterocycles. The van der Waals surface area contributed by atoms with Gasteiger partial charge in [0.25, 0.3) is 0 Å². The van der Waals surface area contributed by atoms with Gasteiger partial charge in [-0.25, -0.2) is 0 Å². The van der Waals surface area contributed by atoms with Crippen molar-refractivity contribution in [1.82, 2.24) is 0 Å². The van der Waals surface area contributed by atoms with Crippen LogP contribution in [0.2, 0.25) is 0 Å². The summed E-state index contributed by atoms with van der Waals surface area (Å²) < 4.78 is 0. The minimum atomic E-state index is 0.118. The first-order chi connectivity index (χ1) is 6.84. The molecule has 1 aromatic carbocycles. The highest BCUT2D eigenvalue weighted by atomic mass is 16.1. The van der Waals surface area contributed by atoms with Crippen molar-refractivity contribution in [1.29, 1.82) is 0 Å². The number of hydrogen-bond donors (Lipinski definition) is 0. The fourth-order valence-corrected chi connectivity index (χ4v) is 2.30. The average molecular weight is 182 g/mol. The summed E-state index contributed by atoms with van der Waals surface area (Å²) in [5.41, 5.74) is 3.83. The summed E-state index contributed by atoms with van der Waals surface area (Å²) in [5, 5.41) is 0. The molecule has 1 heteroatoms. The van der Waals surface area contributed by atoms with Gasteiger partial charge in [-0.1, -0.05) is 30.3 Å². The molecule has 14 heavy (non-hydrogen) atoms. The van der Waals surface area contributed by atoms with Crippen molar-refractivity contribution in [2.24, 2.45) is 5.92 Å². The number of ketones is 1. The monoisotopic (exact) mass is 182 g/mol. The second kappa shape index (κ2) is 2.68. The Balaban J connectivity index is 2.18. The van der Waals surface area contributed by atoms with E-state index in [9.17, 15) is 4.79 Å². The first-order valence-corrected chi connectivity index (χ1v) is 4.86. The molecule has 0 aromatic heterocycles. The molecule has 2 aliphatic carbocycles. The van der Waals surface area contributed by atoms with Crippen molar-refractivity contribution in [2.45, 2.75) is 6.42 Å². The third-order valence-electron chi connectivity index (χ3n) is 2.96. The van der Waals surface area contributed by atoms with Gasteiger partial charge >= 0.3 is 0 Å². The van der Waals surface area contributed by atoms with Gasteiger partial charge in [0, 0.05) is 5.92 Å². The molecule has 0 radical (unpaired) electrons. The number of benzene rings is 1. The minimum absolute atomic E-state index is 0.118. The molecule has 1 nitrogen and oxygen atoms in total. The van der Waals surface area contributed by atoms with E-state index >= 15 is 0 Å². The Kier molecular flexibility index (Phi) is 1.48. The average Bonchev–Trinajstić information content (AvgIpc) is 2.56. The summed E-state index contributed by atoms with van der Waals surface area (Å²) in [5.74, 6) is 0.554. The van der Waals surface area contributed by atoms with Crippen LogP contribution < -0.4 is 0 Å². The maximum Gasteiger partial charge on any atom is 0.178 e. The van der Waals surface area contributed by atoms with Crippen LogP contribution in [0.5, 0.6) is 0 Å². The largest absolute Gasteiger partial charge is 0.290 e. The number of carbonyl (C=O) groups is 1. The van der Waals surface area contributed by atoms with Gasteiger partial charge < -0.3 is 0 Å². The molecule has 1 atom stereocenters. The molecule has 0 fully saturated rings. The molecule has 3 rings (SSSR count). The van der Waals surface area contributed by atoms with E-state index in [4.69, 9.17) is 0 Å². The third-order valence-corrected chi connectivity index (χ3v) is 2.96. The predicted molar refractivity (Wildman–Crippen MR) is 55.8 cm³/mol. The summed E-state index contributed by atoms with van der Waals surface area (Å²) in [6, 6.07) is 8.34. The van der Waals surface area contributed by atoms with Crippen LogP contribution in [0.3, 0.4) is 0 Å². The maximum atomic E-state index is 11.3. The molecule has 68 valence electrons. The summed E-state index contributed by atoms with van der Waals surface area (Å²) in [4.78, 5) is 11.3. The zero-order valence-electron chi connectivity index (χ0n) is 7.73. The van der Waals surface area contributed by atoms with Crippen molar-refractivity contribution in [3.63, 3.8) is 0 Å². The van der Waals surface area contributed by atoms with Crippen LogP contribution in [0.4, 0.5) is 0 Å². The molecule has 0 saturated carbocycles. The van der Waals surface area contributed by atoms with E-state index in [1.807, 2.05) is 12.1 Å². The molecule has 2 aliphatic rings. The van der Waals surface area contributed by atoms with E-state index in [2.05, 4.69) is 18.2 Å². The zero-order chi connectivity index (χ0) is 9.54. The molecule has 0 spiro atoms. The van der Waals surface area contributed by atoms with Crippen LogP contribution in [0.1, 0.15) is 11.1 Å². The maximum absolute atomic E-state index is 11.3. The SMILES string of the molecule is O=C1C=CC2Cc3ccccc3C2=C1. The lowest BCUT2D eigenvalue weighted by Crippen LogP contribution is -2.03. The molecule has 0 amide bonds. The highest BCUT2D eigenvalue weighted by Crippen LogP contribution is 2.39. The molecule has 0 aliphatic heterocycles. The normalized spacial score (nSPS) is 23.0. The molecule has 1 aromatic rings. The van der Waals surface area contributed by atoms with Gasteiger partial charge in [0.15, 0.2) is 5.78 Å². The van der Waals surface area contributed by atoms with E-state index in [1.54, 1.807) is 12.2 Å². The van der Waals surface area contributed by atoms with Gasteiger partial charge in [0.1, 0.15) is 0 Å². The fourth-order valence-electron chi connectivity index (χ4n) is 2.30. The first kappa shape index (κ1) is 7.74. The lowest BCUT2D eigenvalue weighted by atomic mass is 9.94. The molecule has 0 bridgehead atoms. The molecule has 0 N–H and O–H groups in total. The lowest BCUT2D eigenvalue weighted by molar-refractivity contribution is -0.110. The van der Waals surface area contributed by atoms with Crippen molar-refractivity contribution >= 4 is 11.4 Å². The number of carbonyl (C=O) groups excluding carboxylic acids is 1. The van der Waals surface area contributed by atoms with E-state index in [0.717, 1.165) is 6.42 Å². The highest BCUT2D eigenvalue weighted by molar-refractivity contribution is 6.07. The van der Waals surface area contributed by atoms with E-state index < -0.39 is 0 Å². The van der Waals surface area contributed by atoms with Crippen LogP contribution in [0, 0.1) is 5.92 Å². The standard InChI is InChI=1S/C13H10O/c14-11-6-5-10-7-9-3-1-2-4-12(9)13(10)8-11/h1-6,8,10H,7H2. The number of allylic oxidation sites excluding steroid dienone is 4. The van der Waals surface area contributed by atoms with Crippen molar-refractivity contribution < 1.29 is 4.79 Å². The Morgan fingerprint density at radius 3 is 3.00 bits per heavy atom. The van der Waals surface area contributed by atoms with Crippen molar-refractivity contribution in [2.75, 3.05) is 0 Å². The summed E-state index contributed by atoms with van der Waals surface area (Å²) in [6.07, 6.45) is 6.53. The minimum Gasteiger partial charge on any atom is -0.290 e. The summed E-state index contributed by atoms with van der Waals surface area (Å²) in [6.45, 7) is 0. The summed E-state index contributed by atoms with van der Waals surface area (Å²) >= 11 is 0. The highest BCUT2D eigenvalue weighted by Gasteiger charge is 2.26. The van der Waals surface area contributed by atoms with Crippen LogP contribution in [-0.2, 0) is 11.2 Å². The Labute approximate surface area is 82.8 Å². The van der Waals surface area contributed by atoms with Gasteiger partial charge in [-0.15, -0.1) is 0 Å². The van der Waals surface area contributed by atoms with Crippen LogP contribution in [-0.4, -0.2) is 5.78 Å². The van der Waals surface area contributed by atoms with Crippen molar-refractivity contribution in [3.8, 4) is 0 Å². The number of rotatable bonds is 0. The summed E-state index contributed by atoms with van der Waals surface area (Å²) in [7, 11) is 0. The topological polar surface area (TPSA) is 17.1 Å². The Bertz CT molecular complexity index is 466. The second-order valence-electron chi connectivity index (χ2n) is 3.83. The van der Waals surface area contributed by atoms with E-state index in [0.29, 0.717) is 5.92 Å². The Morgan fingerprint density at radius 2 is 2.07 bits per heavy atom. The van der Waals surface area contributed by atoms with Crippen LogP contribution in [0.25, 0.3) is 5.57 Å². The van der Waals surface area contributed by atoms with Crippen molar-refractivity contribution in [3.05, 3.63) is 53.6 Å². The Hall–Kier alpha value is -1.63. The Morgan fingerprint density at radius 1 is 1.21 bits per heavy atom. The fraction of sp³-hybridized carbons (Fsp3) is 0.154. The lowest BCUT2D eigenvalue weighted by Gasteiger charge is -2.10. The number of hydrogen-bond acceptors (Lipinski definition) is 1. The van der Waals surface area contributed by atoms with Gasteiger partial charge in [0.05, 0.1) is 0 Å². The van der Waals surface area contributed by atoms with Gasteiger partial charge in [0.2, 0.25) is 0 Å². The first-order valence-electron chi connectivity index (χ1n) is 4.86. The van der Waals surface area contributed by atoms with E-state index in [1.165, 1.54) is 16.7 Å². The predicted octanol–water partition coefficient (Wildman–Crippen LogP) is 2.38. The van der Waals surface area contributed by atoms with Gasteiger partial charge in [-0.05, 0) is 35.3 Å². The number of fused-ring (bicyclic) bond motifs is 3. The zero-order valence-corrected chi connectivity index (χ0v) is 7.73. The van der Waals surface area contributed by atoms with Crippen LogP contribution in [0.15, 0.2) is 42.5 Å². The van der Waals surface area contributed by atoms with E-state index in [-0.39, 0.29) is 5.78 Å². The molecular formula is C13H10O. The molecule has 0 saturated heterocycles. The smallest absolute Gasteiger partial charge is 0.178 e. The second-order valence-corrected chi connectivity index (χ2v) is 3.83. The van der Waals surface area contributed by atoms with Gasteiger partial charge in [-0.2, -0.15) is 0 Å². The van der Waals surface area contributed by atoms with Crippen LogP contribution >= 0.6 is 0 Å². The van der Waals surface area contributed by atoms with Gasteiger partial charge in [-0.3, -0.25) is 4.79 Å². The third kappa shape index (κ3) is 0.987. The quantitative estimate of drug-likeness (QED) is 0.602.